The van der Waals surface area contributed by atoms with Gasteiger partial charge in [0.1, 0.15) is 0 Å². The van der Waals surface area contributed by atoms with Gasteiger partial charge in [-0.1, -0.05) is 42.8 Å². The number of rotatable bonds is 9. The lowest BCUT2D eigenvalue weighted by Crippen LogP contribution is -2.26. The first-order valence-electron chi connectivity index (χ1n) is 8.09. The number of hydrogen-bond donors (Lipinski definition) is 1. The molecule has 1 aromatic rings. The number of anilines is 1. The fourth-order valence-electron chi connectivity index (χ4n) is 1.85. The lowest BCUT2D eigenvalue weighted by Gasteiger charge is -2.22. The number of halogens is 1. The molecule has 0 amide bonds. The molecule has 0 fully saturated rings. The van der Waals surface area contributed by atoms with Gasteiger partial charge >= 0.3 is 0 Å². The van der Waals surface area contributed by atoms with Crippen LogP contribution in [0.25, 0.3) is 0 Å². The zero-order valence-electron chi connectivity index (χ0n) is 14.9. The first kappa shape index (κ1) is 19.5. The van der Waals surface area contributed by atoms with E-state index in [1.165, 1.54) is 0 Å². The Labute approximate surface area is 145 Å². The maximum absolute atomic E-state index is 5.92. The van der Waals surface area contributed by atoms with Crippen molar-refractivity contribution < 1.29 is 0 Å². The van der Waals surface area contributed by atoms with Gasteiger partial charge in [0.05, 0.1) is 6.04 Å². The summed E-state index contributed by atoms with van der Waals surface area (Å²) in [5, 5.41) is 14.7. The largest absolute Gasteiger partial charge is 0.379 e. The van der Waals surface area contributed by atoms with E-state index in [9.17, 15) is 0 Å². The summed E-state index contributed by atoms with van der Waals surface area (Å²) in [6, 6.07) is 8.15. The Hall–Kier alpha value is -1.55. The normalized spacial score (nSPS) is 14.0. The summed E-state index contributed by atoms with van der Waals surface area (Å²) in [6.07, 6.45) is 0.906. The van der Waals surface area contributed by atoms with E-state index >= 15 is 0 Å². The summed E-state index contributed by atoms with van der Waals surface area (Å²) in [7, 11) is 1.95. The number of nitrogens with one attached hydrogen (secondary N) is 1. The number of hydrogen-bond acceptors (Lipinski definition) is 3. The third kappa shape index (κ3) is 7.51. The molecule has 1 aromatic carbocycles. The number of benzene rings is 1. The van der Waals surface area contributed by atoms with Crippen molar-refractivity contribution in [1.82, 2.24) is 5.01 Å². The SMILES string of the molecule is C=C(C)C(CCN(C)/N=N\[C@@H](C)C(C)C)Nc1ccc(Cl)cc1. The van der Waals surface area contributed by atoms with Gasteiger partial charge in [-0.3, -0.25) is 5.01 Å². The highest BCUT2D eigenvalue weighted by atomic mass is 35.5. The summed E-state index contributed by atoms with van der Waals surface area (Å²) in [5.74, 6) is 0.502. The first-order chi connectivity index (χ1) is 10.8. The van der Waals surface area contributed by atoms with Crippen molar-refractivity contribution in [2.45, 2.75) is 46.2 Å². The first-order valence-corrected chi connectivity index (χ1v) is 8.46. The second kappa shape index (κ2) is 9.56. The summed E-state index contributed by atoms with van der Waals surface area (Å²) >= 11 is 5.92. The van der Waals surface area contributed by atoms with Crippen molar-refractivity contribution in [2.24, 2.45) is 16.3 Å². The minimum Gasteiger partial charge on any atom is -0.379 e. The standard InChI is InChI=1S/C18H29ClN4/c1-13(2)15(5)21-22-23(6)12-11-18(14(3)4)20-17-9-7-16(19)8-10-17/h7-10,13,15,18,20H,3,11-12H2,1-2,4-6H3/b22-21-/t15-,18?/m0/s1. The van der Waals surface area contributed by atoms with E-state index in [4.69, 9.17) is 11.6 Å². The Bertz CT molecular complexity index is 510. The molecule has 1 rings (SSSR count). The summed E-state index contributed by atoms with van der Waals surface area (Å²) < 4.78 is 0. The average molecular weight is 337 g/mol. The molecule has 0 aliphatic carbocycles. The van der Waals surface area contributed by atoms with Gasteiger partial charge in [0.25, 0.3) is 0 Å². The van der Waals surface area contributed by atoms with Gasteiger partial charge in [-0.2, -0.15) is 5.11 Å². The Morgan fingerprint density at radius 2 is 1.87 bits per heavy atom. The monoisotopic (exact) mass is 336 g/mol. The molecule has 0 aliphatic heterocycles. The highest BCUT2D eigenvalue weighted by Gasteiger charge is 2.11. The zero-order chi connectivity index (χ0) is 17.4. The maximum atomic E-state index is 5.92. The van der Waals surface area contributed by atoms with Gasteiger partial charge in [0.15, 0.2) is 0 Å². The Kier molecular flexibility index (Phi) is 8.10. The molecular formula is C18H29ClN4. The van der Waals surface area contributed by atoms with Crippen molar-refractivity contribution in [1.29, 1.82) is 0 Å². The van der Waals surface area contributed by atoms with Crippen LogP contribution in [0.1, 0.15) is 34.1 Å². The van der Waals surface area contributed by atoms with E-state index < -0.39 is 0 Å². The molecule has 1 unspecified atom stereocenters. The summed E-state index contributed by atoms with van der Waals surface area (Å²) in [5.41, 5.74) is 2.14. The lowest BCUT2D eigenvalue weighted by atomic mass is 10.1. The molecule has 0 spiro atoms. The van der Waals surface area contributed by atoms with E-state index in [0.29, 0.717) is 5.92 Å². The van der Waals surface area contributed by atoms with E-state index in [-0.39, 0.29) is 12.1 Å². The molecular weight excluding hydrogens is 308 g/mol. The smallest absolute Gasteiger partial charge is 0.0724 e. The zero-order valence-corrected chi connectivity index (χ0v) is 15.6. The van der Waals surface area contributed by atoms with Crippen molar-refractivity contribution in [2.75, 3.05) is 18.9 Å². The van der Waals surface area contributed by atoms with Crippen LogP contribution < -0.4 is 5.32 Å². The molecule has 2 atom stereocenters. The van der Waals surface area contributed by atoms with Crippen LogP contribution in [-0.4, -0.2) is 30.7 Å². The van der Waals surface area contributed by atoms with Gasteiger partial charge in [0, 0.05) is 30.3 Å². The average Bonchev–Trinajstić information content (AvgIpc) is 2.50. The predicted octanol–water partition coefficient (Wildman–Crippen LogP) is 5.43. The Morgan fingerprint density at radius 3 is 2.39 bits per heavy atom. The second-order valence-electron chi connectivity index (χ2n) is 6.41. The van der Waals surface area contributed by atoms with Crippen LogP contribution in [0, 0.1) is 5.92 Å². The van der Waals surface area contributed by atoms with Crippen molar-refractivity contribution >= 4 is 17.3 Å². The second-order valence-corrected chi connectivity index (χ2v) is 6.85. The van der Waals surface area contributed by atoms with E-state index in [1.54, 1.807) is 0 Å². The van der Waals surface area contributed by atoms with Crippen molar-refractivity contribution in [3.63, 3.8) is 0 Å². The molecule has 0 heterocycles. The fourth-order valence-corrected chi connectivity index (χ4v) is 1.98. The maximum Gasteiger partial charge on any atom is 0.0724 e. The Balaban J connectivity index is 2.53. The molecule has 0 aromatic heterocycles. The molecule has 0 saturated carbocycles. The molecule has 0 radical (unpaired) electrons. The highest BCUT2D eigenvalue weighted by molar-refractivity contribution is 6.30. The topological polar surface area (TPSA) is 40.0 Å². The van der Waals surface area contributed by atoms with Crippen LogP contribution in [-0.2, 0) is 0 Å². The quantitative estimate of drug-likeness (QED) is 0.371. The third-order valence-electron chi connectivity index (χ3n) is 3.87. The number of nitrogens with zero attached hydrogens (tertiary/aromatic N) is 3. The molecule has 4 nitrogen and oxygen atoms in total. The highest BCUT2D eigenvalue weighted by Crippen LogP contribution is 2.17. The van der Waals surface area contributed by atoms with Crippen LogP contribution in [0.3, 0.4) is 0 Å². The molecule has 128 valence electrons. The van der Waals surface area contributed by atoms with Gasteiger partial charge in [-0.15, -0.1) is 0 Å². The molecule has 1 N–H and O–H groups in total. The van der Waals surface area contributed by atoms with Gasteiger partial charge in [0.2, 0.25) is 0 Å². The predicted molar refractivity (Wildman–Crippen MR) is 100 cm³/mol. The fraction of sp³-hybridized carbons (Fsp3) is 0.556. The molecule has 5 heteroatoms. The van der Waals surface area contributed by atoms with Crippen LogP contribution in [0.4, 0.5) is 5.69 Å². The summed E-state index contributed by atoms with van der Waals surface area (Å²) in [4.78, 5) is 0. The van der Waals surface area contributed by atoms with Crippen molar-refractivity contribution in [3.8, 4) is 0 Å². The van der Waals surface area contributed by atoms with Crippen molar-refractivity contribution in [3.05, 3.63) is 41.4 Å². The van der Waals surface area contributed by atoms with Gasteiger partial charge < -0.3 is 5.32 Å². The molecule has 0 aliphatic rings. The summed E-state index contributed by atoms with van der Waals surface area (Å²) in [6.45, 7) is 13.3. The minimum absolute atomic E-state index is 0.191. The van der Waals surface area contributed by atoms with E-state index in [0.717, 1.165) is 29.2 Å². The van der Waals surface area contributed by atoms with Crippen LogP contribution >= 0.6 is 11.6 Å². The molecule has 0 saturated heterocycles. The minimum atomic E-state index is 0.191. The molecule has 23 heavy (non-hydrogen) atoms. The van der Waals surface area contributed by atoms with Crippen LogP contribution in [0.2, 0.25) is 5.02 Å². The third-order valence-corrected chi connectivity index (χ3v) is 4.12. The van der Waals surface area contributed by atoms with Gasteiger partial charge in [-0.05, 0) is 50.5 Å². The lowest BCUT2D eigenvalue weighted by molar-refractivity contribution is 0.304. The Morgan fingerprint density at radius 1 is 1.26 bits per heavy atom. The van der Waals surface area contributed by atoms with E-state index in [2.05, 4.69) is 43.0 Å². The molecule has 0 bridgehead atoms. The van der Waals surface area contributed by atoms with Crippen LogP contribution in [0.5, 0.6) is 0 Å². The van der Waals surface area contributed by atoms with Gasteiger partial charge in [-0.25, -0.2) is 0 Å². The van der Waals surface area contributed by atoms with E-state index in [1.807, 2.05) is 43.2 Å². The van der Waals surface area contributed by atoms with Crippen LogP contribution in [0.15, 0.2) is 46.8 Å².